The largest absolute Gasteiger partial charge is 0.466 e. The fourth-order valence-corrected chi connectivity index (χ4v) is 3.85. The van der Waals surface area contributed by atoms with Gasteiger partial charge in [0.2, 0.25) is 0 Å². The Kier molecular flexibility index (Phi) is 5.74. The molecule has 0 aromatic heterocycles. The molecule has 2 aromatic rings. The number of hydrogen-bond donors (Lipinski definition) is 1. The van der Waals surface area contributed by atoms with Crippen molar-refractivity contribution in [1.82, 2.24) is 10.2 Å². The van der Waals surface area contributed by atoms with Gasteiger partial charge in [0.1, 0.15) is 17.3 Å². The van der Waals surface area contributed by atoms with Crippen LogP contribution in [0.5, 0.6) is 11.5 Å². The molecule has 0 aliphatic carbocycles. The molecule has 6 nitrogen and oxygen atoms in total. The monoisotopic (exact) mass is 413 g/mol. The Morgan fingerprint density at radius 2 is 2.17 bits per heavy atom. The molecule has 0 amide bonds. The van der Waals surface area contributed by atoms with Gasteiger partial charge in [0.15, 0.2) is 5.75 Å². The number of piperazine rings is 1. The van der Waals surface area contributed by atoms with Gasteiger partial charge in [0, 0.05) is 30.7 Å². The van der Waals surface area contributed by atoms with E-state index in [0.29, 0.717) is 29.7 Å². The summed E-state index contributed by atoms with van der Waals surface area (Å²) in [4.78, 5) is 19.4. The second-order valence-electron chi connectivity index (χ2n) is 7.19. The zero-order chi connectivity index (χ0) is 20.4. The SMILES string of the molecule is CCOC(=O)[C@@H](C)C1CN(C2=Nc3ccccc3Oc3ccc(Cl)cc32)CCN1. The third kappa shape index (κ3) is 4.09. The number of fused-ring (bicyclic) bond motifs is 2. The number of aliphatic imine (C=N–C) groups is 1. The number of ether oxygens (including phenoxy) is 2. The standard InChI is InChI=1S/C22H24ClN3O3/c1-3-28-22(27)14(2)18-13-26(11-10-24-18)21-16-12-15(23)8-9-19(16)29-20-7-5-4-6-17(20)25-21/h4-9,12,14,18,24H,3,10-11,13H2,1-2H3/t14-,18?/m0/s1. The van der Waals surface area contributed by atoms with E-state index in [9.17, 15) is 4.79 Å². The molecule has 0 radical (unpaired) electrons. The molecule has 2 atom stereocenters. The summed E-state index contributed by atoms with van der Waals surface area (Å²) >= 11 is 6.30. The van der Waals surface area contributed by atoms with Crippen LogP contribution in [0.4, 0.5) is 5.69 Å². The van der Waals surface area contributed by atoms with Gasteiger partial charge in [-0.15, -0.1) is 0 Å². The first kappa shape index (κ1) is 19.7. The van der Waals surface area contributed by atoms with Crippen molar-refractivity contribution < 1.29 is 14.3 Å². The van der Waals surface area contributed by atoms with Gasteiger partial charge in [-0.1, -0.05) is 30.7 Å². The smallest absolute Gasteiger partial charge is 0.310 e. The lowest BCUT2D eigenvalue weighted by atomic mass is 9.99. The van der Waals surface area contributed by atoms with Crippen LogP contribution in [0.1, 0.15) is 19.4 Å². The van der Waals surface area contributed by atoms with Gasteiger partial charge < -0.3 is 19.7 Å². The van der Waals surface area contributed by atoms with Crippen molar-refractivity contribution in [2.45, 2.75) is 19.9 Å². The Hall–Kier alpha value is -2.57. The molecule has 7 heteroatoms. The molecule has 2 heterocycles. The predicted molar refractivity (Wildman–Crippen MR) is 113 cm³/mol. The van der Waals surface area contributed by atoms with E-state index in [1.54, 1.807) is 0 Å². The first-order chi connectivity index (χ1) is 14.1. The summed E-state index contributed by atoms with van der Waals surface area (Å²) in [7, 11) is 0. The molecule has 0 saturated carbocycles. The summed E-state index contributed by atoms with van der Waals surface area (Å²) in [6.45, 7) is 6.24. The number of esters is 1. The van der Waals surface area contributed by atoms with Gasteiger partial charge in [0.25, 0.3) is 0 Å². The van der Waals surface area contributed by atoms with Gasteiger partial charge in [0.05, 0.1) is 18.1 Å². The Bertz CT molecular complexity index is 947. The van der Waals surface area contributed by atoms with Gasteiger partial charge >= 0.3 is 5.97 Å². The summed E-state index contributed by atoms with van der Waals surface area (Å²) < 4.78 is 11.3. The van der Waals surface area contributed by atoms with Crippen LogP contribution in [0.25, 0.3) is 0 Å². The van der Waals surface area contributed by atoms with Crippen molar-refractivity contribution in [3.05, 3.63) is 53.1 Å². The van der Waals surface area contributed by atoms with Gasteiger partial charge in [-0.2, -0.15) is 0 Å². The van der Waals surface area contributed by atoms with E-state index in [4.69, 9.17) is 26.1 Å². The minimum atomic E-state index is -0.258. The number of carbonyl (C=O) groups is 1. The third-order valence-electron chi connectivity index (χ3n) is 5.26. The quantitative estimate of drug-likeness (QED) is 0.770. The maximum absolute atomic E-state index is 12.2. The van der Waals surface area contributed by atoms with Crippen LogP contribution in [-0.4, -0.2) is 49.0 Å². The van der Waals surface area contributed by atoms with E-state index in [2.05, 4.69) is 10.2 Å². The van der Waals surface area contributed by atoms with Crippen molar-refractivity contribution in [2.24, 2.45) is 10.9 Å². The number of halogens is 1. The number of nitrogens with zero attached hydrogens (tertiary/aromatic N) is 2. The molecule has 2 aliphatic rings. The second-order valence-corrected chi connectivity index (χ2v) is 7.63. The van der Waals surface area contributed by atoms with Gasteiger partial charge in [-0.25, -0.2) is 4.99 Å². The summed E-state index contributed by atoms with van der Waals surface area (Å²) in [6.07, 6.45) is 0. The zero-order valence-corrected chi connectivity index (χ0v) is 17.3. The second kappa shape index (κ2) is 8.43. The Labute approximate surface area is 175 Å². The molecule has 2 aromatic carbocycles. The number of benzene rings is 2. The van der Waals surface area contributed by atoms with E-state index in [0.717, 1.165) is 30.2 Å². The van der Waals surface area contributed by atoms with Crippen LogP contribution in [0.2, 0.25) is 5.02 Å². The van der Waals surface area contributed by atoms with E-state index in [-0.39, 0.29) is 17.9 Å². The van der Waals surface area contributed by atoms with E-state index in [1.165, 1.54) is 0 Å². The van der Waals surface area contributed by atoms with Gasteiger partial charge in [-0.3, -0.25) is 4.79 Å². The highest BCUT2D eigenvalue weighted by atomic mass is 35.5. The zero-order valence-electron chi connectivity index (χ0n) is 16.5. The van der Waals surface area contributed by atoms with Crippen LogP contribution in [0, 0.1) is 5.92 Å². The first-order valence-electron chi connectivity index (χ1n) is 9.87. The lowest BCUT2D eigenvalue weighted by Gasteiger charge is -2.37. The molecule has 0 bridgehead atoms. The molecule has 1 unspecified atom stereocenters. The topological polar surface area (TPSA) is 63.2 Å². The highest BCUT2D eigenvalue weighted by Gasteiger charge is 2.32. The molecule has 2 aliphatic heterocycles. The number of rotatable bonds is 3. The van der Waals surface area contributed by atoms with E-state index >= 15 is 0 Å². The number of nitrogens with one attached hydrogen (secondary N) is 1. The lowest BCUT2D eigenvalue weighted by molar-refractivity contribution is -0.148. The maximum Gasteiger partial charge on any atom is 0.310 e. The third-order valence-corrected chi connectivity index (χ3v) is 5.50. The van der Waals surface area contributed by atoms with E-state index < -0.39 is 0 Å². The Balaban J connectivity index is 1.70. The first-order valence-corrected chi connectivity index (χ1v) is 10.2. The Morgan fingerprint density at radius 1 is 1.34 bits per heavy atom. The van der Waals surface area contributed by atoms with Crippen LogP contribution >= 0.6 is 11.6 Å². The predicted octanol–water partition coefficient (Wildman–Crippen LogP) is 4.00. The van der Waals surface area contributed by atoms with Crippen LogP contribution in [-0.2, 0) is 9.53 Å². The normalized spacial score (nSPS) is 19.2. The molecule has 4 rings (SSSR count). The average Bonchev–Trinajstić information content (AvgIpc) is 2.90. The highest BCUT2D eigenvalue weighted by Crippen LogP contribution is 2.39. The highest BCUT2D eigenvalue weighted by molar-refractivity contribution is 6.31. The van der Waals surface area contributed by atoms with Crippen molar-refractivity contribution in [3.8, 4) is 11.5 Å². The van der Waals surface area contributed by atoms with Gasteiger partial charge in [-0.05, 0) is 37.3 Å². The maximum atomic E-state index is 12.2. The fraction of sp³-hybridized carbons (Fsp3) is 0.364. The molecule has 0 spiro atoms. The summed E-state index contributed by atoms with van der Waals surface area (Å²) in [6, 6.07) is 13.2. The number of amidine groups is 1. The number of carbonyl (C=O) groups excluding carboxylic acids is 1. The van der Waals surface area contributed by atoms with E-state index in [1.807, 2.05) is 56.3 Å². The lowest BCUT2D eigenvalue weighted by Crippen LogP contribution is -2.56. The number of hydrogen-bond acceptors (Lipinski definition) is 6. The van der Waals surface area contributed by atoms with Crippen LogP contribution < -0.4 is 10.1 Å². The molecular weight excluding hydrogens is 390 g/mol. The number of para-hydroxylation sites is 2. The molecular formula is C22H24ClN3O3. The molecule has 152 valence electrons. The molecule has 1 N–H and O–H groups in total. The summed E-state index contributed by atoms with van der Waals surface area (Å²) in [5.74, 6) is 1.78. The molecule has 1 fully saturated rings. The van der Waals surface area contributed by atoms with Crippen molar-refractivity contribution in [1.29, 1.82) is 0 Å². The molecule has 29 heavy (non-hydrogen) atoms. The summed E-state index contributed by atoms with van der Waals surface area (Å²) in [5, 5.41) is 4.07. The van der Waals surface area contributed by atoms with Crippen molar-refractivity contribution in [2.75, 3.05) is 26.2 Å². The molecule has 1 saturated heterocycles. The van der Waals surface area contributed by atoms with Crippen molar-refractivity contribution in [3.63, 3.8) is 0 Å². The summed E-state index contributed by atoms with van der Waals surface area (Å²) in [5.41, 5.74) is 1.61. The van der Waals surface area contributed by atoms with Crippen LogP contribution in [0.15, 0.2) is 47.5 Å². The van der Waals surface area contributed by atoms with Crippen molar-refractivity contribution >= 4 is 29.1 Å². The Morgan fingerprint density at radius 3 is 3.00 bits per heavy atom. The minimum absolute atomic E-state index is 0.0347. The minimum Gasteiger partial charge on any atom is -0.466 e. The average molecular weight is 414 g/mol. The fourth-order valence-electron chi connectivity index (χ4n) is 3.68. The van der Waals surface area contributed by atoms with Crippen LogP contribution in [0.3, 0.4) is 0 Å².